The molecule has 2 N–H and O–H groups in total. The Hall–Kier alpha value is -1.98. The van der Waals surface area contributed by atoms with E-state index in [9.17, 15) is 5.11 Å². The third kappa shape index (κ3) is 4.51. The van der Waals surface area contributed by atoms with Crippen molar-refractivity contribution in [3.05, 3.63) is 78.6 Å². The summed E-state index contributed by atoms with van der Waals surface area (Å²) in [4.78, 5) is 4.72. The molecule has 1 aromatic carbocycles. The van der Waals surface area contributed by atoms with Crippen molar-refractivity contribution in [3.8, 4) is 0 Å². The summed E-state index contributed by atoms with van der Waals surface area (Å²) in [6, 6.07) is 14.8. The second-order valence-electron chi connectivity index (χ2n) is 4.30. The molecular formula is C17H17BrN2OS. The summed E-state index contributed by atoms with van der Waals surface area (Å²) < 4.78 is 0. The summed E-state index contributed by atoms with van der Waals surface area (Å²) >= 11 is 5.38. The first-order chi connectivity index (χ1) is 10.2. The van der Waals surface area contributed by atoms with Gasteiger partial charge >= 0.3 is 0 Å². The number of thiocarbonyl (C=S) groups is 1. The first-order valence-corrected chi connectivity index (χ1v) is 6.94. The van der Waals surface area contributed by atoms with Crippen LogP contribution in [0.5, 0.6) is 0 Å². The molecule has 0 saturated carbocycles. The molecule has 0 aliphatic heterocycles. The smallest absolute Gasteiger partial charge is 0.135 e. The number of aliphatic hydroxyl groups excluding tert-OH is 1. The molecule has 0 aliphatic rings. The van der Waals surface area contributed by atoms with Crippen LogP contribution in [0.1, 0.15) is 11.3 Å². The highest BCUT2D eigenvalue weighted by Crippen LogP contribution is 2.23. The standard InChI is InChI=1S/C17H16N2OS.BrH/c1-2-11-19-17(21)15(14-10-6-7-12-18-14)16(20)13-8-4-3-5-9-13;/h2-10,12,20H,1,11H2,(H,19,21);1H/b16-15-;. The molecule has 0 atom stereocenters. The van der Waals surface area contributed by atoms with E-state index >= 15 is 0 Å². The maximum Gasteiger partial charge on any atom is 0.135 e. The summed E-state index contributed by atoms with van der Waals surface area (Å²) in [5, 5.41) is 13.6. The summed E-state index contributed by atoms with van der Waals surface area (Å²) in [7, 11) is 0. The Bertz CT molecular complexity index is 657. The highest BCUT2D eigenvalue weighted by atomic mass is 79.9. The molecule has 2 rings (SSSR count). The molecular weight excluding hydrogens is 360 g/mol. The van der Waals surface area contributed by atoms with E-state index in [1.54, 1.807) is 12.3 Å². The van der Waals surface area contributed by atoms with Gasteiger partial charge in [0.15, 0.2) is 0 Å². The zero-order valence-corrected chi connectivity index (χ0v) is 14.4. The van der Waals surface area contributed by atoms with E-state index in [2.05, 4.69) is 16.9 Å². The number of pyridine rings is 1. The van der Waals surface area contributed by atoms with Crippen molar-refractivity contribution in [1.82, 2.24) is 10.3 Å². The topological polar surface area (TPSA) is 45.1 Å². The molecule has 0 spiro atoms. The molecule has 1 heterocycles. The van der Waals surface area contributed by atoms with Crippen molar-refractivity contribution >= 4 is 45.5 Å². The number of benzene rings is 1. The number of rotatable bonds is 5. The molecule has 0 bridgehead atoms. The highest BCUT2D eigenvalue weighted by Gasteiger charge is 2.16. The van der Waals surface area contributed by atoms with Crippen molar-refractivity contribution in [2.24, 2.45) is 0 Å². The van der Waals surface area contributed by atoms with Crippen LogP contribution in [0.15, 0.2) is 67.4 Å². The zero-order valence-electron chi connectivity index (χ0n) is 11.9. The summed E-state index contributed by atoms with van der Waals surface area (Å²) in [5.74, 6) is 0.107. The van der Waals surface area contributed by atoms with Gasteiger partial charge in [0.05, 0.1) is 11.3 Å². The minimum absolute atomic E-state index is 0. The van der Waals surface area contributed by atoms with E-state index < -0.39 is 0 Å². The Morgan fingerprint density at radius 3 is 2.45 bits per heavy atom. The number of hydrogen-bond donors (Lipinski definition) is 2. The number of hydrogen-bond acceptors (Lipinski definition) is 3. The Kier molecular flexibility index (Phi) is 7.49. The monoisotopic (exact) mass is 376 g/mol. The molecule has 22 heavy (non-hydrogen) atoms. The maximum absolute atomic E-state index is 10.6. The van der Waals surface area contributed by atoms with Gasteiger partial charge in [0, 0.05) is 18.3 Å². The lowest BCUT2D eigenvalue weighted by Gasteiger charge is -2.13. The first kappa shape index (κ1) is 18.1. The average molecular weight is 377 g/mol. The largest absolute Gasteiger partial charge is 0.507 e. The third-order valence-electron chi connectivity index (χ3n) is 2.84. The van der Waals surface area contributed by atoms with Gasteiger partial charge in [-0.15, -0.1) is 23.6 Å². The van der Waals surface area contributed by atoms with Gasteiger partial charge in [0.2, 0.25) is 0 Å². The van der Waals surface area contributed by atoms with Crippen LogP contribution in [0.25, 0.3) is 11.3 Å². The normalized spacial score (nSPS) is 10.9. The fraction of sp³-hybridized carbons (Fsp3) is 0.0588. The molecule has 5 heteroatoms. The molecule has 0 radical (unpaired) electrons. The van der Waals surface area contributed by atoms with Gasteiger partial charge < -0.3 is 10.4 Å². The van der Waals surface area contributed by atoms with Crippen molar-refractivity contribution in [3.63, 3.8) is 0 Å². The van der Waals surface area contributed by atoms with Gasteiger partial charge in [-0.3, -0.25) is 4.98 Å². The van der Waals surface area contributed by atoms with Crippen LogP contribution in [-0.2, 0) is 0 Å². The summed E-state index contributed by atoms with van der Waals surface area (Å²) in [6.07, 6.45) is 3.38. The van der Waals surface area contributed by atoms with Crippen LogP contribution < -0.4 is 5.32 Å². The molecule has 0 amide bonds. The lowest BCUT2D eigenvalue weighted by Crippen LogP contribution is -2.23. The molecule has 0 fully saturated rings. The molecule has 114 valence electrons. The van der Waals surface area contributed by atoms with Crippen LogP contribution >= 0.6 is 29.2 Å². The molecule has 0 aliphatic carbocycles. The van der Waals surface area contributed by atoms with Gasteiger partial charge in [-0.2, -0.15) is 0 Å². The van der Waals surface area contributed by atoms with Gasteiger partial charge in [0.25, 0.3) is 0 Å². The van der Waals surface area contributed by atoms with E-state index in [1.165, 1.54) is 0 Å². The predicted molar refractivity (Wildman–Crippen MR) is 101 cm³/mol. The molecule has 3 nitrogen and oxygen atoms in total. The number of nitrogens with zero attached hydrogens (tertiary/aromatic N) is 1. The zero-order chi connectivity index (χ0) is 15.1. The van der Waals surface area contributed by atoms with E-state index in [-0.39, 0.29) is 22.7 Å². The van der Waals surface area contributed by atoms with Crippen LogP contribution in [0, 0.1) is 0 Å². The summed E-state index contributed by atoms with van der Waals surface area (Å²) in [6.45, 7) is 4.18. The quantitative estimate of drug-likeness (QED) is 0.355. The predicted octanol–water partition coefficient (Wildman–Crippen LogP) is 4.19. The fourth-order valence-electron chi connectivity index (χ4n) is 1.85. The van der Waals surface area contributed by atoms with Crippen molar-refractivity contribution in [2.75, 3.05) is 6.54 Å². The molecule has 1 aromatic heterocycles. The van der Waals surface area contributed by atoms with E-state index in [4.69, 9.17) is 12.2 Å². The highest BCUT2D eigenvalue weighted by molar-refractivity contribution is 8.93. The van der Waals surface area contributed by atoms with Crippen molar-refractivity contribution in [2.45, 2.75) is 0 Å². The second kappa shape index (κ2) is 9.12. The minimum Gasteiger partial charge on any atom is -0.507 e. The number of halogens is 1. The Labute approximate surface area is 146 Å². The van der Waals surface area contributed by atoms with Gasteiger partial charge in [0.1, 0.15) is 10.7 Å². The van der Waals surface area contributed by atoms with Crippen LogP contribution in [0.3, 0.4) is 0 Å². The lowest BCUT2D eigenvalue weighted by molar-refractivity contribution is 0.514. The number of aliphatic hydroxyl groups is 1. The molecule has 2 aromatic rings. The van der Waals surface area contributed by atoms with E-state index in [0.717, 1.165) is 0 Å². The Morgan fingerprint density at radius 1 is 1.18 bits per heavy atom. The first-order valence-electron chi connectivity index (χ1n) is 6.53. The van der Waals surface area contributed by atoms with Crippen molar-refractivity contribution < 1.29 is 5.11 Å². The van der Waals surface area contributed by atoms with Gasteiger partial charge in [-0.1, -0.05) is 54.7 Å². The van der Waals surface area contributed by atoms with Crippen LogP contribution in [0.2, 0.25) is 0 Å². The fourth-order valence-corrected chi connectivity index (χ4v) is 2.13. The lowest BCUT2D eigenvalue weighted by atomic mass is 10.0. The molecule has 0 saturated heterocycles. The second-order valence-corrected chi connectivity index (χ2v) is 4.71. The van der Waals surface area contributed by atoms with Crippen LogP contribution in [0.4, 0.5) is 0 Å². The number of aromatic nitrogens is 1. The third-order valence-corrected chi connectivity index (χ3v) is 3.19. The summed E-state index contributed by atoms with van der Waals surface area (Å²) in [5.41, 5.74) is 1.83. The van der Waals surface area contributed by atoms with Gasteiger partial charge in [-0.05, 0) is 12.1 Å². The van der Waals surface area contributed by atoms with E-state index in [1.807, 2.05) is 48.5 Å². The Balaban J connectivity index is 0.00000242. The van der Waals surface area contributed by atoms with E-state index in [0.29, 0.717) is 28.4 Å². The van der Waals surface area contributed by atoms with Crippen LogP contribution in [-0.4, -0.2) is 21.6 Å². The van der Waals surface area contributed by atoms with Gasteiger partial charge in [-0.25, -0.2) is 0 Å². The maximum atomic E-state index is 10.6. The average Bonchev–Trinajstić information content (AvgIpc) is 2.55. The SMILES string of the molecule is Br.C=CCNC(=S)/C(=C(\O)c1ccccc1)c1ccccn1. The number of nitrogens with one attached hydrogen (secondary N) is 1. The Morgan fingerprint density at radius 2 is 1.86 bits per heavy atom. The van der Waals surface area contributed by atoms with Crippen molar-refractivity contribution in [1.29, 1.82) is 0 Å². The minimum atomic E-state index is 0. The molecule has 0 unspecified atom stereocenters.